The van der Waals surface area contributed by atoms with Gasteiger partial charge in [0.1, 0.15) is 5.65 Å². The number of alkyl halides is 2. The maximum atomic E-state index is 13.6. The van der Waals surface area contributed by atoms with Crippen LogP contribution in [0.3, 0.4) is 0 Å². The number of aromatic nitrogens is 3. The van der Waals surface area contributed by atoms with E-state index in [0.29, 0.717) is 50.6 Å². The molecule has 1 saturated carbocycles. The van der Waals surface area contributed by atoms with Crippen LogP contribution in [-0.4, -0.2) is 62.8 Å². The van der Waals surface area contributed by atoms with Gasteiger partial charge in [-0.25, -0.2) is 26.5 Å². The van der Waals surface area contributed by atoms with E-state index < -0.39 is 39.2 Å². The summed E-state index contributed by atoms with van der Waals surface area (Å²) in [6, 6.07) is 0.345. The Balaban J connectivity index is 1.59. The van der Waals surface area contributed by atoms with Crippen molar-refractivity contribution in [3.05, 3.63) is 39.8 Å². The highest BCUT2D eigenvalue weighted by molar-refractivity contribution is 7.89. The van der Waals surface area contributed by atoms with Gasteiger partial charge in [-0.3, -0.25) is 9.36 Å². The van der Waals surface area contributed by atoms with Gasteiger partial charge < -0.3 is 10.4 Å². The first-order chi connectivity index (χ1) is 16.9. The minimum atomic E-state index is -3.37. The Bertz CT molecular complexity index is 1310. The van der Waals surface area contributed by atoms with Gasteiger partial charge in [0.25, 0.3) is 12.0 Å². The minimum Gasteiger partial charge on any atom is -0.388 e. The lowest BCUT2D eigenvalue weighted by atomic mass is 9.99. The van der Waals surface area contributed by atoms with E-state index in [0.717, 1.165) is 11.6 Å². The molecule has 0 bridgehead atoms. The predicted molar refractivity (Wildman–Crippen MR) is 134 cm³/mol. The van der Waals surface area contributed by atoms with Gasteiger partial charge in [-0.15, -0.1) is 0 Å². The molecule has 0 aromatic carbocycles. The van der Waals surface area contributed by atoms with Crippen LogP contribution in [0.15, 0.2) is 28.7 Å². The molecule has 12 heteroatoms. The molecule has 3 heterocycles. The summed E-state index contributed by atoms with van der Waals surface area (Å²) in [5, 5.41) is 14.3. The van der Waals surface area contributed by atoms with Crippen molar-refractivity contribution in [1.29, 1.82) is 0 Å². The van der Waals surface area contributed by atoms with Crippen LogP contribution in [0.2, 0.25) is 0 Å². The van der Waals surface area contributed by atoms with E-state index in [1.807, 2.05) is 13.8 Å². The zero-order chi connectivity index (χ0) is 26.3. The molecule has 0 radical (unpaired) electrons. The van der Waals surface area contributed by atoms with Gasteiger partial charge in [0.05, 0.1) is 23.0 Å². The zero-order valence-electron chi connectivity index (χ0n) is 20.7. The van der Waals surface area contributed by atoms with Crippen LogP contribution in [0.5, 0.6) is 0 Å². The average Bonchev–Trinajstić information content (AvgIpc) is 3.16. The van der Waals surface area contributed by atoms with Crippen molar-refractivity contribution in [2.45, 2.75) is 77.0 Å². The fraction of sp³-hybridized carbons (Fsp3) is 0.625. The molecule has 2 aromatic heterocycles. The molecule has 36 heavy (non-hydrogen) atoms. The third-order valence-corrected chi connectivity index (χ3v) is 8.85. The van der Waals surface area contributed by atoms with Gasteiger partial charge in [0.2, 0.25) is 16.0 Å². The highest BCUT2D eigenvalue weighted by atomic mass is 32.2. The number of sulfonamides is 1. The van der Waals surface area contributed by atoms with E-state index in [-0.39, 0.29) is 23.4 Å². The highest BCUT2D eigenvalue weighted by Gasteiger charge is 2.40. The Morgan fingerprint density at radius 1 is 1.31 bits per heavy atom. The largest absolute Gasteiger partial charge is 0.388 e. The first-order valence-corrected chi connectivity index (χ1v) is 13.8. The number of aliphatic hydroxyl groups is 1. The second kappa shape index (κ2) is 10.1. The van der Waals surface area contributed by atoms with Crippen molar-refractivity contribution in [2.75, 3.05) is 24.2 Å². The van der Waals surface area contributed by atoms with E-state index in [4.69, 9.17) is 0 Å². The number of rotatable bonds is 7. The Labute approximate surface area is 209 Å². The fourth-order valence-corrected chi connectivity index (χ4v) is 6.55. The topological polar surface area (TPSA) is 117 Å². The SMILES string of the molecule is CC(C)=CCS(=O)(=O)N1CCC(Nc2ncc3cc(C(F)F)c(=O)n([C@@H]4CCC[C@@]4(C)O)c3n2)CC1. The molecule has 4 rings (SSSR count). The maximum Gasteiger partial charge on any atom is 0.269 e. The van der Waals surface area contributed by atoms with Crippen LogP contribution in [-0.2, 0) is 10.0 Å². The molecule has 198 valence electrons. The van der Waals surface area contributed by atoms with Crippen molar-refractivity contribution in [1.82, 2.24) is 18.8 Å². The molecule has 0 spiro atoms. The van der Waals surface area contributed by atoms with Crippen molar-refractivity contribution < 1.29 is 22.3 Å². The molecule has 2 atom stereocenters. The lowest BCUT2D eigenvalue weighted by Crippen LogP contribution is -2.43. The van der Waals surface area contributed by atoms with Crippen LogP contribution in [0, 0.1) is 0 Å². The van der Waals surface area contributed by atoms with Gasteiger partial charge in [0, 0.05) is 30.7 Å². The molecule has 1 saturated heterocycles. The first-order valence-electron chi connectivity index (χ1n) is 12.2. The molecule has 0 unspecified atom stereocenters. The van der Waals surface area contributed by atoms with Gasteiger partial charge >= 0.3 is 0 Å². The van der Waals surface area contributed by atoms with Gasteiger partial charge in [-0.1, -0.05) is 11.6 Å². The molecule has 1 aliphatic carbocycles. The van der Waals surface area contributed by atoms with E-state index in [1.165, 1.54) is 15.1 Å². The van der Waals surface area contributed by atoms with Gasteiger partial charge in [-0.2, -0.15) is 4.98 Å². The summed E-state index contributed by atoms with van der Waals surface area (Å²) < 4.78 is 55.1. The molecule has 0 amide bonds. The van der Waals surface area contributed by atoms with Crippen molar-refractivity contribution >= 4 is 27.0 Å². The number of anilines is 1. The normalized spacial score (nSPS) is 23.9. The second-order valence-corrected chi connectivity index (χ2v) is 12.2. The summed E-state index contributed by atoms with van der Waals surface area (Å²) in [7, 11) is -3.37. The number of nitrogens with one attached hydrogen (secondary N) is 1. The molecular formula is C24H33F2N5O4S. The lowest BCUT2D eigenvalue weighted by molar-refractivity contribution is 0.0261. The number of nitrogens with zero attached hydrogens (tertiary/aromatic N) is 4. The summed E-state index contributed by atoms with van der Waals surface area (Å²) in [4.78, 5) is 21.8. The summed E-state index contributed by atoms with van der Waals surface area (Å²) in [6.45, 7) is 6.04. The Hall–Kier alpha value is -2.44. The van der Waals surface area contributed by atoms with E-state index in [1.54, 1.807) is 13.0 Å². The second-order valence-electron chi connectivity index (χ2n) is 10.2. The Kier molecular flexibility index (Phi) is 7.50. The molecule has 2 fully saturated rings. The van der Waals surface area contributed by atoms with Crippen LogP contribution in [0.25, 0.3) is 11.0 Å². The van der Waals surface area contributed by atoms with E-state index in [2.05, 4.69) is 15.3 Å². The van der Waals surface area contributed by atoms with E-state index in [9.17, 15) is 27.1 Å². The van der Waals surface area contributed by atoms with Crippen LogP contribution in [0.1, 0.15) is 70.9 Å². The first kappa shape index (κ1) is 26.6. The molecule has 2 aromatic rings. The Morgan fingerprint density at radius 3 is 2.58 bits per heavy atom. The third kappa shape index (κ3) is 5.45. The van der Waals surface area contributed by atoms with E-state index >= 15 is 0 Å². The van der Waals surface area contributed by atoms with Gasteiger partial charge in [-0.05, 0) is 58.9 Å². The zero-order valence-corrected chi connectivity index (χ0v) is 21.6. The smallest absolute Gasteiger partial charge is 0.269 e. The quantitative estimate of drug-likeness (QED) is 0.532. The Morgan fingerprint density at radius 2 is 2.00 bits per heavy atom. The summed E-state index contributed by atoms with van der Waals surface area (Å²) in [5.74, 6) is 0.202. The molecule has 1 aliphatic heterocycles. The number of piperidine rings is 1. The van der Waals surface area contributed by atoms with Crippen LogP contribution in [0.4, 0.5) is 14.7 Å². The predicted octanol–water partition coefficient (Wildman–Crippen LogP) is 3.38. The molecule has 9 nitrogen and oxygen atoms in total. The third-order valence-electron chi connectivity index (χ3n) is 7.11. The van der Waals surface area contributed by atoms with Crippen molar-refractivity contribution in [3.63, 3.8) is 0 Å². The number of pyridine rings is 1. The standard InChI is InChI=1S/C24H33F2N5O4S/c1-15(2)8-12-36(34,35)30-10-6-17(7-11-30)28-23-27-14-16-13-18(20(25)26)22(32)31(21(16)29-23)19-5-4-9-24(19,3)33/h8,13-14,17,19-20,33H,4-7,9-12H2,1-3H3,(H,27,28,29)/t19-,24-/m1/s1. The minimum absolute atomic E-state index is 0.0235. The van der Waals surface area contributed by atoms with Crippen molar-refractivity contribution in [3.8, 4) is 0 Å². The fourth-order valence-electron chi connectivity index (χ4n) is 5.03. The molecule has 2 N–H and O–H groups in total. The number of fused-ring (bicyclic) bond motifs is 1. The monoisotopic (exact) mass is 525 g/mol. The summed E-state index contributed by atoms with van der Waals surface area (Å²) in [5.41, 5.74) is -1.59. The molecular weight excluding hydrogens is 492 g/mol. The summed E-state index contributed by atoms with van der Waals surface area (Å²) >= 11 is 0. The number of hydrogen-bond acceptors (Lipinski definition) is 7. The van der Waals surface area contributed by atoms with Crippen LogP contribution >= 0.6 is 0 Å². The van der Waals surface area contributed by atoms with Crippen molar-refractivity contribution in [2.24, 2.45) is 0 Å². The number of halogens is 2. The molecule has 2 aliphatic rings. The van der Waals surface area contributed by atoms with Gasteiger partial charge in [0.15, 0.2) is 0 Å². The number of allylic oxidation sites excluding steroid dienone is 1. The number of hydrogen-bond donors (Lipinski definition) is 2. The highest BCUT2D eigenvalue weighted by Crippen LogP contribution is 2.39. The lowest BCUT2D eigenvalue weighted by Gasteiger charge is -2.31. The average molecular weight is 526 g/mol. The summed E-state index contributed by atoms with van der Waals surface area (Å²) in [6.07, 6.45) is 2.81. The maximum absolute atomic E-state index is 13.6. The van der Waals surface area contributed by atoms with Crippen LogP contribution < -0.4 is 10.9 Å².